The molecule has 0 atom stereocenters. The van der Waals surface area contributed by atoms with Gasteiger partial charge in [0.25, 0.3) is 11.8 Å². The van der Waals surface area contributed by atoms with Gasteiger partial charge in [0.1, 0.15) is 0 Å². The Morgan fingerprint density at radius 1 is 0.686 bits per heavy atom. The molecule has 0 saturated carbocycles. The Morgan fingerprint density at radius 2 is 1.06 bits per heavy atom. The lowest BCUT2D eigenvalue weighted by Crippen LogP contribution is -2.32. The van der Waals surface area contributed by atoms with Crippen LogP contribution in [0.1, 0.15) is 45.8 Å². The summed E-state index contributed by atoms with van der Waals surface area (Å²) in [5.41, 5.74) is 5.74. The number of nitrogens with zero attached hydrogens (tertiary/aromatic N) is 3. The number of amides is 2. The lowest BCUT2D eigenvalue weighted by molar-refractivity contribution is -0.172. The van der Waals surface area contributed by atoms with E-state index in [1.807, 2.05) is 40.3 Å². The summed E-state index contributed by atoms with van der Waals surface area (Å²) in [7, 11) is 8.03. The molecule has 2 amide bonds. The van der Waals surface area contributed by atoms with Gasteiger partial charge < -0.3 is 14.6 Å². The molecule has 1 aliphatic heterocycles. The molecule has 180 valence electrons. The fraction of sp³-hybridized carbons (Fsp3) is 0.250. The van der Waals surface area contributed by atoms with E-state index in [1.54, 1.807) is 12.1 Å². The van der Waals surface area contributed by atoms with Crippen molar-refractivity contribution >= 4 is 29.2 Å². The number of rotatable bonds is 7. The molecule has 3 aromatic rings. The predicted molar refractivity (Wildman–Crippen MR) is 135 cm³/mol. The van der Waals surface area contributed by atoms with Crippen LogP contribution in [0.2, 0.25) is 0 Å². The Hall–Kier alpha value is -4.13. The van der Waals surface area contributed by atoms with E-state index >= 15 is 0 Å². The first kappa shape index (κ1) is 24.0. The van der Waals surface area contributed by atoms with Crippen molar-refractivity contribution < 1.29 is 19.2 Å². The summed E-state index contributed by atoms with van der Waals surface area (Å²) in [6.07, 6.45) is 0.123. The third kappa shape index (κ3) is 5.19. The fourth-order valence-electron chi connectivity index (χ4n) is 4.11. The molecule has 7 nitrogen and oxygen atoms in total. The monoisotopic (exact) mass is 471 g/mol. The molecule has 35 heavy (non-hydrogen) atoms. The predicted octanol–water partition coefficient (Wildman–Crippen LogP) is 4.22. The minimum Gasteiger partial charge on any atom is -0.378 e. The fourth-order valence-corrected chi connectivity index (χ4v) is 4.11. The first-order valence-corrected chi connectivity index (χ1v) is 11.5. The second-order valence-electron chi connectivity index (χ2n) is 8.99. The number of benzene rings is 3. The minimum absolute atomic E-state index is 0.0470. The molecule has 3 aromatic carbocycles. The number of hydroxylamine groups is 2. The van der Waals surface area contributed by atoms with Crippen molar-refractivity contribution in [3.8, 4) is 0 Å². The van der Waals surface area contributed by atoms with Gasteiger partial charge in [-0.3, -0.25) is 9.59 Å². The molecule has 0 aliphatic carbocycles. The molecule has 0 spiro atoms. The maximum absolute atomic E-state index is 12.5. The highest BCUT2D eigenvalue weighted by atomic mass is 16.7. The Labute approximate surface area is 205 Å². The minimum atomic E-state index is -0.734. The van der Waals surface area contributed by atoms with Crippen LogP contribution in [0.25, 0.3) is 0 Å². The maximum atomic E-state index is 12.5. The normalized spacial score (nSPS) is 13.3. The van der Waals surface area contributed by atoms with E-state index in [1.165, 1.54) is 0 Å². The summed E-state index contributed by atoms with van der Waals surface area (Å²) in [5.74, 6) is -1.78. The van der Waals surface area contributed by atoms with E-state index in [4.69, 9.17) is 4.84 Å². The molecule has 1 saturated heterocycles. The summed E-state index contributed by atoms with van der Waals surface area (Å²) < 4.78 is 0. The number of anilines is 2. The van der Waals surface area contributed by atoms with Gasteiger partial charge in [-0.15, -0.1) is 5.06 Å². The zero-order valence-corrected chi connectivity index (χ0v) is 20.4. The first-order valence-electron chi connectivity index (χ1n) is 11.5. The van der Waals surface area contributed by atoms with E-state index in [0.717, 1.165) is 28.1 Å². The van der Waals surface area contributed by atoms with E-state index in [9.17, 15) is 14.4 Å². The van der Waals surface area contributed by atoms with Crippen molar-refractivity contribution in [2.75, 3.05) is 38.0 Å². The van der Waals surface area contributed by atoms with Gasteiger partial charge in [0.15, 0.2) is 0 Å². The van der Waals surface area contributed by atoms with Crippen molar-refractivity contribution in [1.29, 1.82) is 0 Å². The second kappa shape index (κ2) is 10.0. The molecule has 7 heteroatoms. The molecule has 0 aromatic heterocycles. The average molecular weight is 472 g/mol. The van der Waals surface area contributed by atoms with Crippen LogP contribution < -0.4 is 9.80 Å². The average Bonchev–Trinajstić information content (AvgIpc) is 3.17. The van der Waals surface area contributed by atoms with Crippen molar-refractivity contribution in [3.05, 3.63) is 95.1 Å². The molecule has 1 fully saturated rings. The van der Waals surface area contributed by atoms with Crippen molar-refractivity contribution in [3.63, 3.8) is 0 Å². The largest absolute Gasteiger partial charge is 0.378 e. The van der Waals surface area contributed by atoms with Crippen LogP contribution in [0.5, 0.6) is 0 Å². The standard InChI is InChI=1S/C28H29N3O4/c1-29(2)23-13-9-20(10-14-23)27(21-11-15-24(16-12-21)30(3)4)19-5-7-22(8-6-19)28(34)35-31-25(32)17-18-26(31)33/h5-16,27H,17-18H2,1-4H3. The van der Waals surface area contributed by atoms with Crippen LogP contribution in [0.15, 0.2) is 72.8 Å². The van der Waals surface area contributed by atoms with Crippen LogP contribution in [0.4, 0.5) is 11.4 Å². The van der Waals surface area contributed by atoms with Crippen molar-refractivity contribution in [2.45, 2.75) is 18.8 Å². The summed E-state index contributed by atoms with van der Waals surface area (Å²) in [6, 6.07) is 23.9. The van der Waals surface area contributed by atoms with Crippen molar-refractivity contribution in [1.82, 2.24) is 5.06 Å². The molecule has 0 unspecified atom stereocenters. The maximum Gasteiger partial charge on any atom is 0.363 e. The number of hydrogen-bond acceptors (Lipinski definition) is 6. The van der Waals surface area contributed by atoms with Gasteiger partial charge in [0, 0.05) is 58.3 Å². The highest BCUT2D eigenvalue weighted by Crippen LogP contribution is 2.34. The quantitative estimate of drug-likeness (QED) is 0.380. The molecule has 1 aliphatic rings. The molecular formula is C28H29N3O4. The summed E-state index contributed by atoms with van der Waals surface area (Å²) >= 11 is 0. The van der Waals surface area contributed by atoms with E-state index in [2.05, 4.69) is 58.3 Å². The Bertz CT molecular complexity index is 1150. The molecule has 0 N–H and O–H groups in total. The second-order valence-corrected chi connectivity index (χ2v) is 8.99. The zero-order valence-electron chi connectivity index (χ0n) is 20.4. The van der Waals surface area contributed by atoms with Crippen LogP contribution in [-0.4, -0.2) is 51.0 Å². The lowest BCUT2D eigenvalue weighted by Gasteiger charge is -2.22. The SMILES string of the molecule is CN(C)c1ccc(C(c2ccc(C(=O)ON3C(=O)CCC3=O)cc2)c2ccc(N(C)C)cc2)cc1. The Kier molecular flexibility index (Phi) is 6.87. The Balaban J connectivity index is 1.64. The summed E-state index contributed by atoms with van der Waals surface area (Å²) in [6.45, 7) is 0. The van der Waals surface area contributed by atoms with Gasteiger partial charge in [-0.1, -0.05) is 36.4 Å². The van der Waals surface area contributed by atoms with Gasteiger partial charge in [0.2, 0.25) is 0 Å². The van der Waals surface area contributed by atoms with E-state index in [0.29, 0.717) is 5.06 Å². The lowest BCUT2D eigenvalue weighted by atomic mass is 9.84. The topological polar surface area (TPSA) is 70.2 Å². The van der Waals surface area contributed by atoms with E-state index < -0.39 is 17.8 Å². The van der Waals surface area contributed by atoms with Crippen LogP contribution in [-0.2, 0) is 14.4 Å². The van der Waals surface area contributed by atoms with Gasteiger partial charge in [-0.05, 0) is 53.1 Å². The van der Waals surface area contributed by atoms with Crippen LogP contribution >= 0.6 is 0 Å². The first-order chi connectivity index (χ1) is 16.7. The van der Waals surface area contributed by atoms with Gasteiger partial charge >= 0.3 is 5.97 Å². The third-order valence-electron chi connectivity index (χ3n) is 6.15. The smallest absolute Gasteiger partial charge is 0.363 e. The molecule has 1 heterocycles. The number of hydrogen-bond donors (Lipinski definition) is 0. The Morgan fingerprint density at radius 3 is 1.43 bits per heavy atom. The molecule has 4 rings (SSSR count). The number of carbonyl (C=O) groups is 3. The van der Waals surface area contributed by atoms with E-state index in [-0.39, 0.29) is 24.3 Å². The summed E-state index contributed by atoms with van der Waals surface area (Å²) in [4.78, 5) is 45.2. The van der Waals surface area contributed by atoms with Crippen LogP contribution in [0, 0.1) is 0 Å². The number of carbonyl (C=O) groups excluding carboxylic acids is 3. The van der Waals surface area contributed by atoms with Crippen LogP contribution in [0.3, 0.4) is 0 Å². The zero-order chi connectivity index (χ0) is 25.1. The van der Waals surface area contributed by atoms with Gasteiger partial charge in [0.05, 0.1) is 5.56 Å². The third-order valence-corrected chi connectivity index (χ3v) is 6.15. The highest BCUT2D eigenvalue weighted by Gasteiger charge is 2.33. The van der Waals surface area contributed by atoms with Gasteiger partial charge in [-0.25, -0.2) is 4.79 Å². The highest BCUT2D eigenvalue weighted by molar-refractivity contribution is 6.02. The molecular weight excluding hydrogens is 442 g/mol. The van der Waals surface area contributed by atoms with Crippen molar-refractivity contribution in [2.24, 2.45) is 0 Å². The summed E-state index contributed by atoms with van der Waals surface area (Å²) in [5, 5.41) is 0.567. The molecule has 0 bridgehead atoms. The number of imide groups is 1. The van der Waals surface area contributed by atoms with Gasteiger partial charge in [-0.2, -0.15) is 0 Å². The molecule has 0 radical (unpaired) electrons.